The smallest absolute Gasteiger partial charge is 0.272 e. The lowest BCUT2D eigenvalue weighted by atomic mass is 10.1. The van der Waals surface area contributed by atoms with Crippen LogP contribution >= 0.6 is 23.1 Å². The van der Waals surface area contributed by atoms with Gasteiger partial charge >= 0.3 is 0 Å². The van der Waals surface area contributed by atoms with Crippen LogP contribution in [0.1, 0.15) is 22.3 Å². The van der Waals surface area contributed by atoms with E-state index in [1.807, 2.05) is 11.4 Å². The lowest BCUT2D eigenvalue weighted by Gasteiger charge is -2.13. The zero-order chi connectivity index (χ0) is 19.7. The minimum absolute atomic E-state index is 0.120. The summed E-state index contributed by atoms with van der Waals surface area (Å²) in [6, 6.07) is 14.8. The van der Waals surface area contributed by atoms with E-state index in [-0.39, 0.29) is 17.9 Å². The summed E-state index contributed by atoms with van der Waals surface area (Å²) in [5.74, 6) is 0.381. The molecular weight excluding hydrogens is 391 g/mol. The molecule has 0 aliphatic heterocycles. The van der Waals surface area contributed by atoms with Crippen LogP contribution in [-0.2, 0) is 12.3 Å². The van der Waals surface area contributed by atoms with E-state index in [2.05, 4.69) is 32.0 Å². The van der Waals surface area contributed by atoms with Crippen LogP contribution in [0.15, 0.2) is 63.9 Å². The van der Waals surface area contributed by atoms with Gasteiger partial charge in [-0.25, -0.2) is 9.37 Å². The Morgan fingerprint density at radius 2 is 1.93 bits per heavy atom. The molecule has 0 spiro atoms. The van der Waals surface area contributed by atoms with Crippen molar-refractivity contribution >= 4 is 33.3 Å². The second-order valence-corrected chi connectivity index (χ2v) is 8.58. The summed E-state index contributed by atoms with van der Waals surface area (Å²) in [5.41, 5.74) is 4.72. The van der Waals surface area contributed by atoms with Crippen molar-refractivity contribution in [2.45, 2.75) is 31.3 Å². The molecule has 0 amide bonds. The molecule has 0 N–H and O–H groups in total. The fourth-order valence-corrected chi connectivity index (χ4v) is 4.73. The number of halogens is 1. The molecule has 0 saturated carbocycles. The van der Waals surface area contributed by atoms with Gasteiger partial charge < -0.3 is 0 Å². The molecule has 2 heterocycles. The topological polar surface area (TPSA) is 34.9 Å². The average Bonchev–Trinajstić information content (AvgIpc) is 3.15. The molecule has 0 unspecified atom stereocenters. The second-order valence-electron chi connectivity index (χ2n) is 6.72. The second kappa shape index (κ2) is 7.89. The number of nitrogens with zero attached hydrogens (tertiary/aromatic N) is 2. The molecule has 3 nitrogen and oxygen atoms in total. The van der Waals surface area contributed by atoms with Crippen LogP contribution in [0.2, 0.25) is 0 Å². The normalized spacial score (nSPS) is 11.2. The average molecular weight is 411 g/mol. The van der Waals surface area contributed by atoms with Crippen LogP contribution in [0.3, 0.4) is 0 Å². The molecule has 0 bridgehead atoms. The van der Waals surface area contributed by atoms with Crippen molar-refractivity contribution < 1.29 is 4.39 Å². The Kier molecular flexibility index (Phi) is 5.33. The van der Waals surface area contributed by atoms with Crippen LogP contribution in [0, 0.1) is 19.7 Å². The van der Waals surface area contributed by atoms with Crippen molar-refractivity contribution in [2.24, 2.45) is 0 Å². The summed E-state index contributed by atoms with van der Waals surface area (Å²) in [4.78, 5) is 17.7. The number of hydrogen-bond acceptors (Lipinski definition) is 4. The van der Waals surface area contributed by atoms with Gasteiger partial charge in [0.05, 0.1) is 12.1 Å². The molecule has 2 aromatic carbocycles. The Balaban J connectivity index is 1.72. The van der Waals surface area contributed by atoms with E-state index >= 15 is 0 Å². The molecule has 0 aliphatic rings. The summed E-state index contributed by atoms with van der Waals surface area (Å²) >= 11 is 2.88. The van der Waals surface area contributed by atoms with Gasteiger partial charge in [-0.05, 0) is 48.1 Å². The summed E-state index contributed by atoms with van der Waals surface area (Å²) in [6.07, 6.45) is 0. The van der Waals surface area contributed by atoms with Crippen molar-refractivity contribution in [1.82, 2.24) is 9.55 Å². The van der Waals surface area contributed by atoms with E-state index in [1.165, 1.54) is 45.9 Å². The molecule has 0 radical (unpaired) electrons. The highest BCUT2D eigenvalue weighted by Crippen LogP contribution is 2.25. The van der Waals surface area contributed by atoms with Crippen LogP contribution in [0.5, 0.6) is 0 Å². The first-order chi connectivity index (χ1) is 13.5. The monoisotopic (exact) mass is 410 g/mol. The Morgan fingerprint density at radius 3 is 2.71 bits per heavy atom. The van der Waals surface area contributed by atoms with E-state index in [9.17, 15) is 9.18 Å². The molecule has 142 valence electrons. The fraction of sp³-hybridized carbons (Fsp3) is 0.182. The Bertz CT molecular complexity index is 1210. The number of aromatic nitrogens is 2. The van der Waals surface area contributed by atoms with Gasteiger partial charge in [-0.2, -0.15) is 0 Å². The lowest BCUT2D eigenvalue weighted by molar-refractivity contribution is 0.580. The van der Waals surface area contributed by atoms with Crippen molar-refractivity contribution in [3.63, 3.8) is 0 Å². The minimum atomic E-state index is -0.314. The van der Waals surface area contributed by atoms with Gasteiger partial charge in [0.2, 0.25) is 0 Å². The van der Waals surface area contributed by atoms with E-state index < -0.39 is 0 Å². The molecule has 4 rings (SSSR count). The molecule has 0 atom stereocenters. The van der Waals surface area contributed by atoms with Crippen LogP contribution in [0.25, 0.3) is 10.2 Å². The van der Waals surface area contributed by atoms with E-state index in [0.29, 0.717) is 26.7 Å². The Labute approximate surface area is 170 Å². The van der Waals surface area contributed by atoms with Gasteiger partial charge in [-0.1, -0.05) is 48.2 Å². The summed E-state index contributed by atoms with van der Waals surface area (Å²) in [5, 5.41) is 2.47. The highest BCUT2D eigenvalue weighted by atomic mass is 32.2. The molecule has 2 aromatic heterocycles. The van der Waals surface area contributed by atoms with E-state index in [1.54, 1.807) is 22.8 Å². The SMILES string of the molecule is Cc1ccc(CSc2nc3ccsc3c(=O)n2Cc2ccccc2F)cc1C. The third kappa shape index (κ3) is 3.75. The predicted octanol–water partition coefficient (Wildman–Crippen LogP) is 5.55. The maximum atomic E-state index is 14.2. The number of thiophene rings is 1. The molecule has 0 fully saturated rings. The number of aryl methyl sites for hydroxylation is 2. The molecule has 0 saturated heterocycles. The van der Waals surface area contributed by atoms with Gasteiger partial charge in [0.25, 0.3) is 5.56 Å². The van der Waals surface area contributed by atoms with Crippen molar-refractivity contribution in [2.75, 3.05) is 0 Å². The maximum absolute atomic E-state index is 14.2. The molecule has 4 aromatic rings. The van der Waals surface area contributed by atoms with Gasteiger partial charge in [-0.3, -0.25) is 9.36 Å². The zero-order valence-electron chi connectivity index (χ0n) is 15.6. The number of thioether (sulfide) groups is 1. The summed E-state index contributed by atoms with van der Waals surface area (Å²) in [7, 11) is 0. The summed E-state index contributed by atoms with van der Waals surface area (Å²) in [6.45, 7) is 4.35. The molecule has 0 aliphatic carbocycles. The van der Waals surface area contributed by atoms with Crippen molar-refractivity contribution in [3.8, 4) is 0 Å². The van der Waals surface area contributed by atoms with Crippen molar-refractivity contribution in [3.05, 3.63) is 92.3 Å². The number of benzene rings is 2. The van der Waals surface area contributed by atoms with Gasteiger partial charge in [0.15, 0.2) is 5.16 Å². The van der Waals surface area contributed by atoms with E-state index in [0.717, 1.165) is 0 Å². The lowest BCUT2D eigenvalue weighted by Crippen LogP contribution is -2.23. The first kappa shape index (κ1) is 18.9. The number of rotatable bonds is 5. The first-order valence-electron chi connectivity index (χ1n) is 8.93. The van der Waals surface area contributed by atoms with Gasteiger partial charge in [0.1, 0.15) is 10.5 Å². The summed E-state index contributed by atoms with van der Waals surface area (Å²) < 4.78 is 16.4. The zero-order valence-corrected chi connectivity index (χ0v) is 17.2. The maximum Gasteiger partial charge on any atom is 0.272 e. The molecule has 6 heteroatoms. The third-order valence-corrected chi connectivity index (χ3v) is 6.70. The van der Waals surface area contributed by atoms with Crippen LogP contribution in [0.4, 0.5) is 4.39 Å². The predicted molar refractivity (Wildman–Crippen MR) is 115 cm³/mol. The van der Waals surface area contributed by atoms with Gasteiger partial charge in [0, 0.05) is 11.3 Å². The quantitative estimate of drug-likeness (QED) is 0.319. The Morgan fingerprint density at radius 1 is 1.11 bits per heavy atom. The van der Waals surface area contributed by atoms with Gasteiger partial charge in [-0.15, -0.1) is 11.3 Å². The molecular formula is C22H19FN2OS2. The first-order valence-corrected chi connectivity index (χ1v) is 10.8. The number of fused-ring (bicyclic) bond motifs is 1. The molecule has 28 heavy (non-hydrogen) atoms. The fourth-order valence-electron chi connectivity index (χ4n) is 3.01. The largest absolute Gasteiger partial charge is 0.282 e. The number of hydrogen-bond donors (Lipinski definition) is 0. The van der Waals surface area contributed by atoms with Crippen LogP contribution in [-0.4, -0.2) is 9.55 Å². The van der Waals surface area contributed by atoms with Crippen molar-refractivity contribution in [1.29, 1.82) is 0 Å². The van der Waals surface area contributed by atoms with E-state index in [4.69, 9.17) is 4.98 Å². The highest BCUT2D eigenvalue weighted by Gasteiger charge is 2.15. The minimum Gasteiger partial charge on any atom is -0.282 e. The third-order valence-electron chi connectivity index (χ3n) is 4.76. The highest BCUT2D eigenvalue weighted by molar-refractivity contribution is 7.98. The standard InChI is InChI=1S/C22H19FN2OS2/c1-14-7-8-16(11-15(14)2)13-28-22-24-19-9-10-27-20(19)21(26)25(22)12-17-5-3-4-6-18(17)23/h3-11H,12-13H2,1-2H3. The van der Waals surface area contributed by atoms with Crippen LogP contribution < -0.4 is 5.56 Å². The Hall–Kier alpha value is -2.44.